The first kappa shape index (κ1) is 21.7. The number of nitrogens with one attached hydrogen (secondary N) is 1. The van der Waals surface area contributed by atoms with Crippen LogP contribution in [0.15, 0.2) is 78.2 Å². The van der Waals surface area contributed by atoms with E-state index < -0.39 is 0 Å². The molecule has 0 aliphatic carbocycles. The fourth-order valence-electron chi connectivity index (χ4n) is 3.38. The fraction of sp³-hybridized carbons (Fsp3) is 0.208. The van der Waals surface area contributed by atoms with Crippen molar-refractivity contribution in [3.05, 3.63) is 73.1 Å². The molecule has 0 saturated heterocycles. The van der Waals surface area contributed by atoms with Gasteiger partial charge in [-0.15, -0.1) is 0 Å². The van der Waals surface area contributed by atoms with E-state index in [4.69, 9.17) is 4.74 Å². The van der Waals surface area contributed by atoms with Gasteiger partial charge in [-0.25, -0.2) is 9.67 Å². The Kier molecular flexibility index (Phi) is 6.61. The molecule has 0 fully saturated rings. The lowest BCUT2D eigenvalue weighted by Gasteiger charge is -2.14. The van der Waals surface area contributed by atoms with Crippen molar-refractivity contribution in [2.24, 2.45) is 0 Å². The molecule has 1 N–H and O–H groups in total. The largest absolute Gasteiger partial charge is 0.497 e. The normalized spacial score (nSPS) is 11.0. The zero-order valence-corrected chi connectivity index (χ0v) is 19.0. The third-order valence-electron chi connectivity index (χ3n) is 4.87. The number of hydrogen-bond donors (Lipinski definition) is 1. The van der Waals surface area contributed by atoms with E-state index in [1.54, 1.807) is 24.1 Å². The first-order valence-corrected chi connectivity index (χ1v) is 11.3. The first-order chi connectivity index (χ1) is 15.6. The number of aromatic nitrogens is 4. The molecule has 0 spiro atoms. The van der Waals surface area contributed by atoms with Crippen molar-refractivity contribution in [3.63, 3.8) is 0 Å². The number of rotatable bonds is 8. The predicted molar refractivity (Wildman–Crippen MR) is 128 cm³/mol. The van der Waals surface area contributed by atoms with Crippen molar-refractivity contribution in [1.82, 2.24) is 19.3 Å². The number of ether oxygens (including phenoxy) is 1. The van der Waals surface area contributed by atoms with Crippen LogP contribution in [0.25, 0.3) is 16.9 Å². The second-order valence-corrected chi connectivity index (χ2v) is 8.36. The van der Waals surface area contributed by atoms with Gasteiger partial charge in [-0.2, -0.15) is 5.10 Å². The highest BCUT2D eigenvalue weighted by atomic mass is 32.2. The van der Waals surface area contributed by atoms with Crippen molar-refractivity contribution in [1.29, 1.82) is 0 Å². The van der Waals surface area contributed by atoms with E-state index in [-0.39, 0.29) is 17.7 Å². The van der Waals surface area contributed by atoms with Crippen molar-refractivity contribution < 1.29 is 9.53 Å². The lowest BCUT2D eigenvalue weighted by molar-refractivity contribution is -0.113. The highest BCUT2D eigenvalue weighted by molar-refractivity contribution is 7.99. The smallest absolute Gasteiger partial charge is 0.235 e. The van der Waals surface area contributed by atoms with E-state index in [2.05, 4.69) is 15.4 Å². The second-order valence-electron chi connectivity index (χ2n) is 7.42. The van der Waals surface area contributed by atoms with E-state index >= 15 is 0 Å². The van der Waals surface area contributed by atoms with Crippen LogP contribution in [-0.2, 0) is 4.79 Å². The monoisotopic (exact) mass is 447 g/mol. The number of carbonyl (C=O) groups is 1. The lowest BCUT2D eigenvalue weighted by atomic mass is 10.1. The van der Waals surface area contributed by atoms with Crippen LogP contribution in [0, 0.1) is 0 Å². The summed E-state index contributed by atoms with van der Waals surface area (Å²) in [5.74, 6) is 1.55. The van der Waals surface area contributed by atoms with Crippen molar-refractivity contribution in [2.75, 3.05) is 18.2 Å². The van der Waals surface area contributed by atoms with Crippen LogP contribution in [0.3, 0.4) is 0 Å². The van der Waals surface area contributed by atoms with Gasteiger partial charge in [-0.3, -0.25) is 9.36 Å². The fourth-order valence-corrected chi connectivity index (χ4v) is 4.17. The summed E-state index contributed by atoms with van der Waals surface area (Å²) in [6.45, 7) is 4.04. The highest BCUT2D eigenvalue weighted by Crippen LogP contribution is 2.31. The Balaban J connectivity index is 1.60. The maximum absolute atomic E-state index is 12.7. The molecule has 4 rings (SSSR count). The summed E-state index contributed by atoms with van der Waals surface area (Å²) in [6, 6.07) is 19.8. The van der Waals surface area contributed by atoms with Gasteiger partial charge in [-0.05, 0) is 26.0 Å². The minimum Gasteiger partial charge on any atom is -0.497 e. The molecule has 0 radical (unpaired) electrons. The van der Waals surface area contributed by atoms with Crippen LogP contribution in [0.5, 0.6) is 5.75 Å². The maximum Gasteiger partial charge on any atom is 0.235 e. The molecule has 7 nitrogen and oxygen atoms in total. The zero-order chi connectivity index (χ0) is 22.5. The van der Waals surface area contributed by atoms with Gasteiger partial charge in [-0.1, -0.05) is 48.2 Å². The Morgan fingerprint density at radius 2 is 1.94 bits per heavy atom. The summed E-state index contributed by atoms with van der Waals surface area (Å²) < 4.78 is 9.25. The molecule has 0 atom stereocenters. The van der Waals surface area contributed by atoms with Gasteiger partial charge in [0.1, 0.15) is 11.6 Å². The molecular weight excluding hydrogens is 422 g/mol. The molecule has 2 heterocycles. The Bertz CT molecular complexity index is 1200. The van der Waals surface area contributed by atoms with E-state index in [9.17, 15) is 4.79 Å². The van der Waals surface area contributed by atoms with Crippen molar-refractivity contribution in [2.45, 2.75) is 25.0 Å². The molecule has 2 aromatic carbocycles. The number of benzene rings is 2. The topological polar surface area (TPSA) is 74.0 Å². The van der Waals surface area contributed by atoms with Gasteiger partial charge in [0.15, 0.2) is 5.16 Å². The molecule has 0 bridgehead atoms. The van der Waals surface area contributed by atoms with E-state index in [0.717, 1.165) is 27.9 Å². The summed E-state index contributed by atoms with van der Waals surface area (Å²) in [5.41, 5.74) is 2.90. The summed E-state index contributed by atoms with van der Waals surface area (Å²) in [5, 5.41) is 7.93. The summed E-state index contributed by atoms with van der Waals surface area (Å²) >= 11 is 1.38. The van der Waals surface area contributed by atoms with Crippen molar-refractivity contribution in [3.8, 4) is 22.7 Å². The molecule has 0 aliphatic heterocycles. The minimum atomic E-state index is -0.112. The van der Waals surface area contributed by atoms with Crippen LogP contribution in [-0.4, -0.2) is 38.1 Å². The summed E-state index contributed by atoms with van der Waals surface area (Å²) in [6.07, 6.45) is 3.52. The molecule has 164 valence electrons. The average molecular weight is 448 g/mol. The zero-order valence-electron chi connectivity index (χ0n) is 18.2. The molecule has 1 amide bonds. The highest BCUT2D eigenvalue weighted by Gasteiger charge is 2.17. The quantitative estimate of drug-likeness (QED) is 0.382. The third kappa shape index (κ3) is 4.70. The molecule has 2 aromatic heterocycles. The second kappa shape index (κ2) is 9.74. The number of anilines is 1. The average Bonchev–Trinajstić information content (AvgIpc) is 3.45. The SMILES string of the molecule is COc1cccc(-n2c(-c3ccccc3)cnc2SCC(=O)Nc2ccnn2C(C)C)c1. The number of thioether (sulfide) groups is 1. The Morgan fingerprint density at radius 1 is 1.12 bits per heavy atom. The van der Waals surface area contributed by atoms with Crippen LogP contribution in [0.2, 0.25) is 0 Å². The predicted octanol–water partition coefficient (Wildman–Crippen LogP) is 5.06. The number of imidazole rings is 1. The maximum atomic E-state index is 12.7. The van der Waals surface area contributed by atoms with Crippen LogP contribution >= 0.6 is 11.8 Å². The Hall–Kier alpha value is -3.52. The van der Waals surface area contributed by atoms with Gasteiger partial charge in [0.05, 0.1) is 36.6 Å². The number of nitrogens with zero attached hydrogens (tertiary/aromatic N) is 4. The van der Waals surface area contributed by atoms with Crippen LogP contribution in [0.1, 0.15) is 19.9 Å². The number of carbonyl (C=O) groups excluding carboxylic acids is 1. The molecular formula is C24H25N5O2S. The molecule has 0 saturated carbocycles. The number of methoxy groups -OCH3 is 1. The van der Waals surface area contributed by atoms with E-state index in [1.165, 1.54) is 11.8 Å². The minimum absolute atomic E-state index is 0.112. The van der Waals surface area contributed by atoms with E-state index in [1.807, 2.05) is 79.2 Å². The molecule has 4 aromatic rings. The van der Waals surface area contributed by atoms with Crippen LogP contribution < -0.4 is 10.1 Å². The Morgan fingerprint density at radius 3 is 2.69 bits per heavy atom. The van der Waals surface area contributed by atoms with Crippen molar-refractivity contribution >= 4 is 23.5 Å². The molecule has 32 heavy (non-hydrogen) atoms. The number of hydrogen-bond acceptors (Lipinski definition) is 5. The standard InChI is InChI=1S/C24H25N5O2S/c1-17(2)29-22(12-13-26-29)27-23(30)16-32-24-25-15-21(18-8-5-4-6-9-18)28(24)19-10-7-11-20(14-19)31-3/h4-15,17H,16H2,1-3H3,(H,27,30). The number of amides is 1. The molecule has 0 unspecified atom stereocenters. The molecule has 8 heteroatoms. The lowest BCUT2D eigenvalue weighted by Crippen LogP contribution is -2.18. The Labute approximate surface area is 191 Å². The third-order valence-corrected chi connectivity index (χ3v) is 5.82. The van der Waals surface area contributed by atoms with Gasteiger partial charge in [0, 0.05) is 23.7 Å². The van der Waals surface area contributed by atoms with Gasteiger partial charge >= 0.3 is 0 Å². The van der Waals surface area contributed by atoms with Gasteiger partial charge in [0.25, 0.3) is 0 Å². The van der Waals surface area contributed by atoms with E-state index in [0.29, 0.717) is 5.82 Å². The van der Waals surface area contributed by atoms with Gasteiger partial charge in [0.2, 0.25) is 5.91 Å². The summed E-state index contributed by atoms with van der Waals surface area (Å²) in [4.78, 5) is 17.3. The van der Waals surface area contributed by atoms with Crippen LogP contribution in [0.4, 0.5) is 5.82 Å². The summed E-state index contributed by atoms with van der Waals surface area (Å²) in [7, 11) is 1.65. The molecule has 0 aliphatic rings. The first-order valence-electron chi connectivity index (χ1n) is 10.3. The van der Waals surface area contributed by atoms with Gasteiger partial charge < -0.3 is 10.1 Å².